The number of benzene rings is 1. The Labute approximate surface area is 157 Å². The topological polar surface area (TPSA) is 76.8 Å². The third-order valence-corrected chi connectivity index (χ3v) is 5.40. The van der Waals surface area contributed by atoms with Gasteiger partial charge in [0.15, 0.2) is 11.5 Å². The van der Waals surface area contributed by atoms with Crippen molar-refractivity contribution in [2.24, 2.45) is 0 Å². The van der Waals surface area contributed by atoms with Crippen LogP contribution in [0, 0.1) is 6.92 Å². The molecule has 3 aromatic rings. The molecule has 1 fully saturated rings. The SMILES string of the molecule is Cc1cc([C@H]2CN([C@@H](C)c3ccc4c(c3)OCO4)CCN2)n2ncnc2n1. The van der Waals surface area contributed by atoms with Crippen molar-refractivity contribution in [3.63, 3.8) is 0 Å². The van der Waals surface area contributed by atoms with Crippen molar-refractivity contribution in [3.8, 4) is 11.5 Å². The van der Waals surface area contributed by atoms with E-state index >= 15 is 0 Å². The van der Waals surface area contributed by atoms with E-state index in [1.54, 1.807) is 6.33 Å². The number of fused-ring (bicyclic) bond motifs is 2. The molecule has 0 bridgehead atoms. The smallest absolute Gasteiger partial charge is 0.252 e. The Balaban J connectivity index is 1.41. The number of rotatable bonds is 3. The van der Waals surface area contributed by atoms with Gasteiger partial charge in [-0.2, -0.15) is 14.6 Å². The fourth-order valence-electron chi connectivity index (χ4n) is 3.91. The lowest BCUT2D eigenvalue weighted by atomic mass is 10.0. The second kappa shape index (κ2) is 6.47. The third-order valence-electron chi connectivity index (χ3n) is 5.40. The van der Waals surface area contributed by atoms with Gasteiger partial charge in [0, 0.05) is 31.4 Å². The summed E-state index contributed by atoms with van der Waals surface area (Å²) in [4.78, 5) is 11.2. The van der Waals surface area contributed by atoms with E-state index in [2.05, 4.69) is 50.4 Å². The fourth-order valence-corrected chi connectivity index (χ4v) is 3.91. The number of hydrogen-bond acceptors (Lipinski definition) is 7. The fraction of sp³-hybridized carbons (Fsp3) is 0.421. The van der Waals surface area contributed by atoms with E-state index in [1.807, 2.05) is 17.5 Å². The van der Waals surface area contributed by atoms with E-state index in [4.69, 9.17) is 9.47 Å². The van der Waals surface area contributed by atoms with Crippen LogP contribution in [0.2, 0.25) is 0 Å². The van der Waals surface area contributed by atoms with Crippen molar-refractivity contribution in [1.29, 1.82) is 0 Å². The highest BCUT2D eigenvalue weighted by molar-refractivity contribution is 5.45. The van der Waals surface area contributed by atoms with E-state index in [1.165, 1.54) is 5.56 Å². The van der Waals surface area contributed by atoms with Crippen LogP contribution in [0.5, 0.6) is 11.5 Å². The summed E-state index contributed by atoms with van der Waals surface area (Å²) in [6.45, 7) is 7.32. The van der Waals surface area contributed by atoms with Crippen LogP contribution in [0.3, 0.4) is 0 Å². The maximum Gasteiger partial charge on any atom is 0.252 e. The van der Waals surface area contributed by atoms with Crippen molar-refractivity contribution >= 4 is 5.78 Å². The highest BCUT2D eigenvalue weighted by Gasteiger charge is 2.28. The van der Waals surface area contributed by atoms with Crippen molar-refractivity contribution in [2.75, 3.05) is 26.4 Å². The van der Waals surface area contributed by atoms with Gasteiger partial charge in [-0.3, -0.25) is 4.90 Å². The molecule has 8 heteroatoms. The number of ether oxygens (including phenoxy) is 2. The first-order valence-corrected chi connectivity index (χ1v) is 9.23. The Kier molecular flexibility index (Phi) is 3.95. The summed E-state index contributed by atoms with van der Waals surface area (Å²) in [5.41, 5.74) is 3.28. The van der Waals surface area contributed by atoms with Crippen LogP contribution in [0.25, 0.3) is 5.78 Å². The standard InChI is InChI=1S/C19H22N6O2/c1-12-7-16(25-19(23-12)21-10-22-25)15-9-24(6-5-20-15)13(2)14-3-4-17-18(8-14)27-11-26-17/h3-4,7-8,10,13,15,20H,5-6,9,11H2,1-2H3/t13-,15+/m0/s1. The van der Waals surface area contributed by atoms with Crippen molar-refractivity contribution in [3.05, 3.63) is 47.5 Å². The van der Waals surface area contributed by atoms with Gasteiger partial charge < -0.3 is 14.8 Å². The molecular formula is C19H22N6O2. The number of nitrogens with zero attached hydrogens (tertiary/aromatic N) is 5. The predicted octanol–water partition coefficient (Wildman–Crippen LogP) is 1.87. The zero-order valence-electron chi connectivity index (χ0n) is 15.4. The van der Waals surface area contributed by atoms with E-state index in [0.717, 1.165) is 42.5 Å². The van der Waals surface area contributed by atoms with Gasteiger partial charge in [-0.25, -0.2) is 4.98 Å². The first kappa shape index (κ1) is 16.5. The first-order chi connectivity index (χ1) is 13.2. The number of nitrogens with one attached hydrogen (secondary N) is 1. The maximum atomic E-state index is 5.54. The Hall–Kier alpha value is -2.71. The lowest BCUT2D eigenvalue weighted by molar-refractivity contribution is 0.150. The molecule has 1 N–H and O–H groups in total. The van der Waals surface area contributed by atoms with E-state index in [9.17, 15) is 0 Å². The second-order valence-electron chi connectivity index (χ2n) is 7.08. The highest BCUT2D eigenvalue weighted by Crippen LogP contribution is 2.36. The Morgan fingerprint density at radius 1 is 1.22 bits per heavy atom. The molecule has 0 saturated carbocycles. The monoisotopic (exact) mass is 366 g/mol. The molecule has 0 unspecified atom stereocenters. The number of hydrogen-bond donors (Lipinski definition) is 1. The zero-order valence-corrected chi connectivity index (χ0v) is 15.4. The van der Waals surface area contributed by atoms with Gasteiger partial charge in [-0.1, -0.05) is 6.07 Å². The summed E-state index contributed by atoms with van der Waals surface area (Å²) >= 11 is 0. The van der Waals surface area contributed by atoms with Crippen LogP contribution in [0.1, 0.15) is 36.0 Å². The molecule has 4 heterocycles. The number of piperazine rings is 1. The van der Waals surface area contributed by atoms with Crippen molar-refractivity contribution in [2.45, 2.75) is 25.9 Å². The largest absolute Gasteiger partial charge is 0.454 e. The van der Waals surface area contributed by atoms with Gasteiger partial charge in [-0.05, 0) is 37.6 Å². The molecule has 0 aliphatic carbocycles. The molecule has 2 aliphatic rings. The molecule has 1 aromatic carbocycles. The molecule has 8 nitrogen and oxygen atoms in total. The Bertz CT molecular complexity index is 987. The van der Waals surface area contributed by atoms with Crippen LogP contribution in [-0.4, -0.2) is 50.9 Å². The maximum absolute atomic E-state index is 5.54. The zero-order chi connectivity index (χ0) is 18.4. The van der Waals surface area contributed by atoms with Gasteiger partial charge in [0.1, 0.15) is 6.33 Å². The lowest BCUT2D eigenvalue weighted by Gasteiger charge is -2.37. The summed E-state index contributed by atoms with van der Waals surface area (Å²) in [6, 6.07) is 8.75. The van der Waals surface area contributed by atoms with Gasteiger partial charge in [0.2, 0.25) is 6.79 Å². The molecule has 2 aromatic heterocycles. The molecule has 0 radical (unpaired) electrons. The molecule has 27 heavy (non-hydrogen) atoms. The highest BCUT2D eigenvalue weighted by atomic mass is 16.7. The van der Waals surface area contributed by atoms with E-state index in [-0.39, 0.29) is 12.1 Å². The first-order valence-electron chi connectivity index (χ1n) is 9.23. The summed E-state index contributed by atoms with van der Waals surface area (Å²) in [5.74, 6) is 2.30. The van der Waals surface area contributed by atoms with Crippen LogP contribution < -0.4 is 14.8 Å². The molecule has 0 amide bonds. The minimum absolute atomic E-state index is 0.168. The third kappa shape index (κ3) is 2.90. The van der Waals surface area contributed by atoms with Crippen LogP contribution in [-0.2, 0) is 0 Å². The molecule has 2 aliphatic heterocycles. The van der Waals surface area contributed by atoms with Crippen LogP contribution in [0.4, 0.5) is 0 Å². The minimum Gasteiger partial charge on any atom is -0.454 e. The number of aryl methyl sites for hydroxylation is 1. The van der Waals surface area contributed by atoms with Gasteiger partial charge in [0.05, 0.1) is 11.7 Å². The van der Waals surface area contributed by atoms with Crippen LogP contribution >= 0.6 is 0 Å². The average molecular weight is 366 g/mol. The van der Waals surface area contributed by atoms with Gasteiger partial charge in [-0.15, -0.1) is 0 Å². The summed E-state index contributed by atoms with van der Waals surface area (Å²) < 4.78 is 12.8. The molecule has 1 saturated heterocycles. The Morgan fingerprint density at radius 3 is 3.04 bits per heavy atom. The molecule has 0 spiro atoms. The molecule has 5 rings (SSSR count). The van der Waals surface area contributed by atoms with E-state index in [0.29, 0.717) is 12.6 Å². The Morgan fingerprint density at radius 2 is 2.11 bits per heavy atom. The van der Waals surface area contributed by atoms with Crippen molar-refractivity contribution < 1.29 is 9.47 Å². The molecule has 140 valence electrons. The number of aromatic nitrogens is 4. The van der Waals surface area contributed by atoms with Crippen molar-refractivity contribution in [1.82, 2.24) is 29.8 Å². The summed E-state index contributed by atoms with van der Waals surface area (Å²) in [7, 11) is 0. The van der Waals surface area contributed by atoms with Crippen LogP contribution in [0.15, 0.2) is 30.6 Å². The summed E-state index contributed by atoms with van der Waals surface area (Å²) in [6.07, 6.45) is 1.56. The minimum atomic E-state index is 0.168. The molecular weight excluding hydrogens is 344 g/mol. The lowest BCUT2D eigenvalue weighted by Crippen LogP contribution is -2.47. The second-order valence-corrected chi connectivity index (χ2v) is 7.08. The summed E-state index contributed by atoms with van der Waals surface area (Å²) in [5, 5.41) is 7.98. The van der Waals surface area contributed by atoms with E-state index < -0.39 is 0 Å². The average Bonchev–Trinajstić information content (AvgIpc) is 3.35. The predicted molar refractivity (Wildman–Crippen MR) is 98.8 cm³/mol. The van der Waals surface area contributed by atoms with Gasteiger partial charge >= 0.3 is 0 Å². The molecule has 2 atom stereocenters. The normalized spacial score (nSPS) is 20.9. The van der Waals surface area contributed by atoms with Gasteiger partial charge in [0.25, 0.3) is 5.78 Å². The quantitative estimate of drug-likeness (QED) is 0.758.